The molecule has 2 aromatic carbocycles. The van der Waals surface area contributed by atoms with E-state index in [1.54, 1.807) is 0 Å². The first-order valence-electron chi connectivity index (χ1n) is 9.37. The number of aromatic nitrogens is 2. The lowest BCUT2D eigenvalue weighted by Gasteiger charge is -2.41. The molecule has 0 radical (unpaired) electrons. The summed E-state index contributed by atoms with van der Waals surface area (Å²) in [5, 5.41) is 1.05. The van der Waals surface area contributed by atoms with E-state index in [0.29, 0.717) is 0 Å². The Morgan fingerprint density at radius 2 is 1.67 bits per heavy atom. The maximum Gasteiger partial charge on any atom is 0.324 e. The largest absolute Gasteiger partial charge is 0.426 e. The minimum atomic E-state index is -0.325. The van der Waals surface area contributed by atoms with Crippen LogP contribution < -0.4 is 5.46 Å². The summed E-state index contributed by atoms with van der Waals surface area (Å²) in [6, 6.07) is 16.3. The molecule has 3 rings (SSSR count). The van der Waals surface area contributed by atoms with Crippen LogP contribution in [-0.4, -0.2) is 22.5 Å². The van der Waals surface area contributed by atoms with E-state index in [0.717, 1.165) is 27.8 Å². The van der Waals surface area contributed by atoms with Crippen LogP contribution in [0.15, 0.2) is 67.4 Å². The normalized spacial score (nSPS) is 12.2. The summed E-state index contributed by atoms with van der Waals surface area (Å²) in [7, 11) is 0. The molecule has 0 fully saturated rings. The molecule has 0 saturated heterocycles. The van der Waals surface area contributed by atoms with Crippen molar-refractivity contribution in [2.75, 3.05) is 0 Å². The first-order valence-corrected chi connectivity index (χ1v) is 9.37. The number of hydrogen-bond donors (Lipinski definition) is 0. The van der Waals surface area contributed by atoms with Crippen molar-refractivity contribution in [3.05, 3.63) is 67.4 Å². The molecule has 27 heavy (non-hydrogen) atoms. The van der Waals surface area contributed by atoms with Gasteiger partial charge in [0, 0.05) is 22.6 Å². The Bertz CT molecular complexity index is 948. The zero-order valence-electron chi connectivity index (χ0n) is 16.9. The Labute approximate surface area is 162 Å². The zero-order valence-corrected chi connectivity index (χ0v) is 16.9. The van der Waals surface area contributed by atoms with Gasteiger partial charge in [-0.15, -0.1) is 6.58 Å². The molecule has 0 atom stereocenters. The van der Waals surface area contributed by atoms with Crippen LogP contribution in [0.4, 0.5) is 0 Å². The van der Waals surface area contributed by atoms with Gasteiger partial charge < -0.3 is 4.65 Å². The van der Waals surface area contributed by atoms with Gasteiger partial charge in [-0.05, 0) is 25.4 Å². The van der Waals surface area contributed by atoms with Gasteiger partial charge in [0.1, 0.15) is 0 Å². The third-order valence-corrected chi connectivity index (χ3v) is 5.66. The van der Waals surface area contributed by atoms with Crippen molar-refractivity contribution in [2.24, 2.45) is 5.41 Å². The number of fused-ring (bicyclic) bond motifs is 1. The lowest BCUT2D eigenvalue weighted by Crippen LogP contribution is -2.47. The van der Waals surface area contributed by atoms with Gasteiger partial charge in [-0.1, -0.05) is 69.2 Å². The summed E-state index contributed by atoms with van der Waals surface area (Å²) in [4.78, 5) is 9.17. The number of benzene rings is 2. The van der Waals surface area contributed by atoms with Crippen LogP contribution in [0.5, 0.6) is 0 Å². The van der Waals surface area contributed by atoms with Gasteiger partial charge in [0.2, 0.25) is 0 Å². The second-order valence-electron chi connectivity index (χ2n) is 8.07. The molecule has 0 N–H and O–H groups in total. The maximum absolute atomic E-state index is 6.38. The van der Waals surface area contributed by atoms with Crippen LogP contribution in [0.2, 0.25) is 6.82 Å². The lowest BCUT2D eigenvalue weighted by molar-refractivity contribution is 0.0184. The van der Waals surface area contributed by atoms with E-state index < -0.39 is 0 Å². The Kier molecular flexibility index (Phi) is 5.21. The SMILES string of the molecule is C=CC(C)(C)C(C)(C)OB(C)c1ccc(-c2ncc3ccccc3n2)cc1. The lowest BCUT2D eigenvalue weighted by atomic mass is 9.61. The molecule has 0 amide bonds. The molecule has 1 heterocycles. The molecule has 1 aromatic heterocycles. The van der Waals surface area contributed by atoms with Crippen molar-refractivity contribution in [2.45, 2.75) is 40.1 Å². The van der Waals surface area contributed by atoms with Crippen LogP contribution in [0.25, 0.3) is 22.3 Å². The maximum atomic E-state index is 6.38. The Balaban J connectivity index is 1.81. The highest BCUT2D eigenvalue weighted by molar-refractivity contribution is 6.66. The first-order chi connectivity index (χ1) is 12.7. The Hall–Kier alpha value is -2.46. The molecule has 0 aliphatic heterocycles. The molecule has 3 nitrogen and oxygen atoms in total. The van der Waals surface area contributed by atoms with Crippen molar-refractivity contribution in [1.82, 2.24) is 9.97 Å². The third-order valence-electron chi connectivity index (χ3n) is 5.66. The number of para-hydroxylation sites is 1. The van der Waals surface area contributed by atoms with E-state index in [9.17, 15) is 0 Å². The standard InChI is InChI=1S/C23H27BN2O/c1-7-22(2,3)23(4,5)27-24(6)19-14-12-17(13-15-19)21-25-16-18-10-8-9-11-20(18)26-21/h7-16H,1H2,2-6H3. The van der Waals surface area contributed by atoms with Crippen molar-refractivity contribution in [3.8, 4) is 11.4 Å². The average Bonchev–Trinajstić information content (AvgIpc) is 2.67. The molecule has 0 bridgehead atoms. The summed E-state index contributed by atoms with van der Waals surface area (Å²) in [5.74, 6) is 0.738. The van der Waals surface area contributed by atoms with Gasteiger partial charge in [0.15, 0.2) is 5.82 Å². The topological polar surface area (TPSA) is 35.0 Å². The first kappa shape index (κ1) is 19.3. The highest BCUT2D eigenvalue weighted by Gasteiger charge is 2.37. The molecule has 138 valence electrons. The molecule has 0 aliphatic carbocycles. The molecule has 0 spiro atoms. The molecule has 4 heteroatoms. The Morgan fingerprint density at radius 1 is 1.00 bits per heavy atom. The Morgan fingerprint density at radius 3 is 2.33 bits per heavy atom. The van der Waals surface area contributed by atoms with Crippen LogP contribution in [0.3, 0.4) is 0 Å². The quantitative estimate of drug-likeness (QED) is 0.452. The van der Waals surface area contributed by atoms with Crippen molar-refractivity contribution in [3.63, 3.8) is 0 Å². The van der Waals surface area contributed by atoms with E-state index in [1.165, 1.54) is 0 Å². The van der Waals surface area contributed by atoms with Crippen molar-refractivity contribution >= 4 is 23.3 Å². The monoisotopic (exact) mass is 358 g/mol. The predicted molar refractivity (Wildman–Crippen MR) is 115 cm³/mol. The van der Waals surface area contributed by atoms with E-state index in [-0.39, 0.29) is 17.9 Å². The third kappa shape index (κ3) is 3.96. The molecule has 0 unspecified atom stereocenters. The zero-order chi connectivity index (χ0) is 19.7. The van der Waals surface area contributed by atoms with Gasteiger partial charge in [0.25, 0.3) is 0 Å². The fourth-order valence-electron chi connectivity index (χ4n) is 2.92. The van der Waals surface area contributed by atoms with Crippen molar-refractivity contribution < 1.29 is 4.65 Å². The van der Waals surface area contributed by atoms with E-state index in [1.807, 2.05) is 36.5 Å². The molecular weight excluding hydrogens is 331 g/mol. The summed E-state index contributed by atoms with van der Waals surface area (Å²) >= 11 is 0. The molecule has 3 aromatic rings. The van der Waals surface area contributed by atoms with Crippen molar-refractivity contribution in [1.29, 1.82) is 0 Å². The van der Waals surface area contributed by atoms with E-state index in [4.69, 9.17) is 4.65 Å². The van der Waals surface area contributed by atoms with Gasteiger partial charge in [-0.25, -0.2) is 9.97 Å². The summed E-state index contributed by atoms with van der Waals surface area (Å²) < 4.78 is 6.38. The molecule has 0 saturated carbocycles. The summed E-state index contributed by atoms with van der Waals surface area (Å²) in [5.41, 5.74) is 2.64. The number of nitrogens with zero attached hydrogens (tertiary/aromatic N) is 2. The highest BCUT2D eigenvalue weighted by atomic mass is 16.5. The number of hydrogen-bond acceptors (Lipinski definition) is 3. The average molecular weight is 358 g/mol. The minimum Gasteiger partial charge on any atom is -0.426 e. The van der Waals surface area contributed by atoms with Gasteiger partial charge >= 0.3 is 6.92 Å². The van der Waals surface area contributed by atoms with Crippen LogP contribution >= 0.6 is 0 Å². The van der Waals surface area contributed by atoms with Gasteiger partial charge in [-0.2, -0.15) is 0 Å². The fourth-order valence-corrected chi connectivity index (χ4v) is 2.92. The van der Waals surface area contributed by atoms with E-state index in [2.05, 4.69) is 75.3 Å². The predicted octanol–water partition coefficient (Wildman–Crippen LogP) is 5.13. The minimum absolute atomic E-state index is 0.0224. The fraction of sp³-hybridized carbons (Fsp3) is 0.304. The van der Waals surface area contributed by atoms with Crippen LogP contribution in [-0.2, 0) is 4.65 Å². The second-order valence-corrected chi connectivity index (χ2v) is 8.07. The molecule has 0 aliphatic rings. The van der Waals surface area contributed by atoms with Gasteiger partial charge in [0.05, 0.1) is 11.1 Å². The number of rotatable bonds is 6. The van der Waals surface area contributed by atoms with E-state index >= 15 is 0 Å². The van der Waals surface area contributed by atoms with Gasteiger partial charge in [-0.3, -0.25) is 0 Å². The highest BCUT2D eigenvalue weighted by Crippen LogP contribution is 2.35. The molecular formula is C23H27BN2O. The van der Waals surface area contributed by atoms with Crippen LogP contribution in [0.1, 0.15) is 27.7 Å². The summed E-state index contributed by atoms with van der Waals surface area (Å²) in [6.45, 7) is 14.5. The smallest absolute Gasteiger partial charge is 0.324 e. The summed E-state index contributed by atoms with van der Waals surface area (Å²) in [6.07, 6.45) is 3.83. The van der Waals surface area contributed by atoms with Crippen LogP contribution in [0, 0.1) is 5.41 Å². The second kappa shape index (κ2) is 7.28.